The Bertz CT molecular complexity index is 543. The summed E-state index contributed by atoms with van der Waals surface area (Å²) in [7, 11) is 0. The van der Waals surface area contributed by atoms with Crippen LogP contribution in [0.1, 0.15) is 32.3 Å². The first kappa shape index (κ1) is 18.5. The van der Waals surface area contributed by atoms with Crippen molar-refractivity contribution in [2.75, 3.05) is 13.1 Å². The van der Waals surface area contributed by atoms with Gasteiger partial charge in [0.1, 0.15) is 0 Å². The van der Waals surface area contributed by atoms with Crippen molar-refractivity contribution in [3.05, 3.63) is 33.8 Å². The highest BCUT2D eigenvalue weighted by molar-refractivity contribution is 6.42. The van der Waals surface area contributed by atoms with E-state index < -0.39 is 0 Å². The van der Waals surface area contributed by atoms with E-state index in [1.54, 1.807) is 6.07 Å². The van der Waals surface area contributed by atoms with Crippen molar-refractivity contribution < 1.29 is 9.53 Å². The SMILES string of the molecule is CC(N)C(C)C(=O)N1CCC(OCc2ccc(Cl)c(Cl)c2)CC1. The van der Waals surface area contributed by atoms with Crippen LogP contribution in [-0.4, -0.2) is 36.0 Å². The van der Waals surface area contributed by atoms with Gasteiger partial charge in [0.15, 0.2) is 0 Å². The molecule has 1 fully saturated rings. The van der Waals surface area contributed by atoms with E-state index in [4.69, 9.17) is 33.7 Å². The molecule has 0 spiro atoms. The van der Waals surface area contributed by atoms with Crippen molar-refractivity contribution in [3.63, 3.8) is 0 Å². The maximum atomic E-state index is 12.3. The van der Waals surface area contributed by atoms with E-state index in [1.165, 1.54) is 0 Å². The molecule has 2 N–H and O–H groups in total. The molecule has 0 radical (unpaired) electrons. The van der Waals surface area contributed by atoms with E-state index in [9.17, 15) is 4.79 Å². The Labute approximate surface area is 147 Å². The number of hydrogen-bond acceptors (Lipinski definition) is 3. The van der Waals surface area contributed by atoms with E-state index >= 15 is 0 Å². The lowest BCUT2D eigenvalue weighted by atomic mass is 10.0. The molecule has 2 rings (SSSR count). The average Bonchev–Trinajstić information content (AvgIpc) is 2.55. The van der Waals surface area contributed by atoms with Gasteiger partial charge in [-0.15, -0.1) is 0 Å². The molecule has 0 aromatic heterocycles. The summed E-state index contributed by atoms with van der Waals surface area (Å²) in [4.78, 5) is 14.2. The number of hydrogen-bond donors (Lipinski definition) is 1. The summed E-state index contributed by atoms with van der Waals surface area (Å²) in [6.07, 6.45) is 1.86. The summed E-state index contributed by atoms with van der Waals surface area (Å²) in [6.45, 7) is 5.71. The second-order valence-electron chi connectivity index (χ2n) is 6.23. The summed E-state index contributed by atoms with van der Waals surface area (Å²) in [6, 6.07) is 5.40. The number of carbonyl (C=O) groups excluding carboxylic acids is 1. The zero-order valence-electron chi connectivity index (χ0n) is 13.6. The predicted octanol–water partition coefficient (Wildman–Crippen LogP) is 3.48. The number of amides is 1. The molecule has 1 aliphatic rings. The molecule has 1 amide bonds. The van der Waals surface area contributed by atoms with E-state index in [1.807, 2.05) is 30.9 Å². The first-order valence-electron chi connectivity index (χ1n) is 7.98. The number of piperidine rings is 1. The molecule has 1 aliphatic heterocycles. The van der Waals surface area contributed by atoms with Gasteiger partial charge in [-0.25, -0.2) is 0 Å². The number of halogens is 2. The Morgan fingerprint density at radius 3 is 2.52 bits per heavy atom. The van der Waals surface area contributed by atoms with Crippen LogP contribution >= 0.6 is 23.2 Å². The smallest absolute Gasteiger partial charge is 0.226 e. The number of rotatable bonds is 5. The fourth-order valence-corrected chi connectivity index (χ4v) is 2.92. The number of likely N-dealkylation sites (tertiary alicyclic amines) is 1. The van der Waals surface area contributed by atoms with E-state index in [-0.39, 0.29) is 24.0 Å². The van der Waals surface area contributed by atoms with Gasteiger partial charge in [-0.1, -0.05) is 36.2 Å². The van der Waals surface area contributed by atoms with Gasteiger partial charge in [-0.2, -0.15) is 0 Å². The lowest BCUT2D eigenvalue weighted by Gasteiger charge is -2.34. The topological polar surface area (TPSA) is 55.6 Å². The Kier molecular flexibility index (Phi) is 6.72. The third kappa shape index (κ3) is 5.08. The molecule has 0 saturated carbocycles. The molecular formula is C17H24Cl2N2O2. The first-order chi connectivity index (χ1) is 10.9. The van der Waals surface area contributed by atoms with E-state index in [0.717, 1.165) is 31.5 Å². The third-order valence-corrected chi connectivity index (χ3v) is 5.14. The normalized spacial score (nSPS) is 18.7. The van der Waals surface area contributed by atoms with Gasteiger partial charge in [-0.3, -0.25) is 4.79 Å². The van der Waals surface area contributed by atoms with Crippen LogP contribution in [0.4, 0.5) is 0 Å². The molecule has 4 nitrogen and oxygen atoms in total. The number of nitrogens with two attached hydrogens (primary N) is 1. The molecule has 128 valence electrons. The second kappa shape index (κ2) is 8.34. The van der Waals surface area contributed by atoms with Crippen molar-refractivity contribution in [1.82, 2.24) is 4.90 Å². The highest BCUT2D eigenvalue weighted by atomic mass is 35.5. The van der Waals surface area contributed by atoms with Gasteiger partial charge in [0.25, 0.3) is 0 Å². The Hall–Kier alpha value is -0.810. The number of nitrogens with zero attached hydrogens (tertiary/aromatic N) is 1. The minimum Gasteiger partial charge on any atom is -0.373 e. The zero-order valence-corrected chi connectivity index (χ0v) is 15.1. The van der Waals surface area contributed by atoms with Crippen molar-refractivity contribution in [2.45, 2.75) is 45.4 Å². The largest absolute Gasteiger partial charge is 0.373 e. The molecule has 0 bridgehead atoms. The third-order valence-electron chi connectivity index (χ3n) is 4.40. The minimum atomic E-state index is -0.135. The Balaban J connectivity index is 1.78. The fourth-order valence-electron chi connectivity index (χ4n) is 2.60. The van der Waals surface area contributed by atoms with Gasteiger partial charge < -0.3 is 15.4 Å². The van der Waals surface area contributed by atoms with Crippen LogP contribution in [0.3, 0.4) is 0 Å². The van der Waals surface area contributed by atoms with E-state index in [0.29, 0.717) is 16.7 Å². The summed E-state index contributed by atoms with van der Waals surface area (Å²) in [5.41, 5.74) is 6.82. The van der Waals surface area contributed by atoms with Crippen molar-refractivity contribution in [1.29, 1.82) is 0 Å². The van der Waals surface area contributed by atoms with Gasteiger partial charge in [0.2, 0.25) is 5.91 Å². The van der Waals surface area contributed by atoms with Gasteiger partial charge in [0, 0.05) is 19.1 Å². The molecule has 0 aliphatic carbocycles. The van der Waals surface area contributed by atoms with Crippen molar-refractivity contribution >= 4 is 29.1 Å². The highest BCUT2D eigenvalue weighted by Gasteiger charge is 2.27. The van der Waals surface area contributed by atoms with Crippen molar-refractivity contribution in [2.24, 2.45) is 11.7 Å². The quantitative estimate of drug-likeness (QED) is 0.876. The Morgan fingerprint density at radius 2 is 1.96 bits per heavy atom. The fraction of sp³-hybridized carbons (Fsp3) is 0.588. The minimum absolute atomic E-state index is 0.119. The summed E-state index contributed by atoms with van der Waals surface area (Å²) < 4.78 is 5.94. The molecule has 1 aromatic carbocycles. The second-order valence-corrected chi connectivity index (χ2v) is 7.05. The molecule has 2 atom stereocenters. The van der Waals surface area contributed by atoms with Crippen molar-refractivity contribution in [3.8, 4) is 0 Å². The van der Waals surface area contributed by atoms with Crippen LogP contribution in [0.2, 0.25) is 10.0 Å². The molecule has 2 unspecified atom stereocenters. The number of carbonyl (C=O) groups is 1. The monoisotopic (exact) mass is 358 g/mol. The molecule has 1 aromatic rings. The maximum Gasteiger partial charge on any atom is 0.226 e. The van der Waals surface area contributed by atoms with Gasteiger partial charge in [0.05, 0.1) is 28.7 Å². The first-order valence-corrected chi connectivity index (χ1v) is 8.74. The van der Waals surface area contributed by atoms with Crippen LogP contribution in [0, 0.1) is 5.92 Å². The molecular weight excluding hydrogens is 335 g/mol. The van der Waals surface area contributed by atoms with Gasteiger partial charge in [-0.05, 0) is 37.5 Å². The summed E-state index contributed by atoms with van der Waals surface area (Å²) in [5, 5.41) is 1.09. The number of ether oxygens (including phenoxy) is 1. The maximum absolute atomic E-state index is 12.3. The standard InChI is InChI=1S/C17H24Cl2N2O2/c1-11(12(2)20)17(22)21-7-5-14(6-8-21)23-10-13-3-4-15(18)16(19)9-13/h3-4,9,11-12,14H,5-8,10,20H2,1-2H3. The highest BCUT2D eigenvalue weighted by Crippen LogP contribution is 2.24. The number of benzene rings is 1. The predicted molar refractivity (Wildman–Crippen MR) is 93.7 cm³/mol. The molecule has 1 saturated heterocycles. The lowest BCUT2D eigenvalue weighted by Crippen LogP contribution is -2.46. The molecule has 6 heteroatoms. The molecule has 23 heavy (non-hydrogen) atoms. The Morgan fingerprint density at radius 1 is 1.30 bits per heavy atom. The lowest BCUT2D eigenvalue weighted by molar-refractivity contribution is -0.138. The van der Waals surface area contributed by atoms with Crippen LogP contribution in [0.5, 0.6) is 0 Å². The van der Waals surface area contributed by atoms with Crippen LogP contribution in [0.15, 0.2) is 18.2 Å². The average molecular weight is 359 g/mol. The summed E-state index contributed by atoms with van der Waals surface area (Å²) in [5.74, 6) is 0.00612. The van der Waals surface area contributed by atoms with Crippen LogP contribution < -0.4 is 5.73 Å². The van der Waals surface area contributed by atoms with Crippen LogP contribution in [-0.2, 0) is 16.1 Å². The van der Waals surface area contributed by atoms with Crippen LogP contribution in [0.25, 0.3) is 0 Å². The zero-order chi connectivity index (χ0) is 17.0. The molecule has 1 heterocycles. The van der Waals surface area contributed by atoms with E-state index in [2.05, 4.69) is 0 Å². The van der Waals surface area contributed by atoms with Gasteiger partial charge >= 0.3 is 0 Å². The summed E-state index contributed by atoms with van der Waals surface area (Å²) >= 11 is 11.9.